The van der Waals surface area contributed by atoms with E-state index in [0.717, 1.165) is 25.8 Å². The van der Waals surface area contributed by atoms with E-state index in [4.69, 9.17) is 16.3 Å². The Hall–Kier alpha value is -3.08. The number of amides is 2. The summed E-state index contributed by atoms with van der Waals surface area (Å²) in [6, 6.07) is 4.95. The second-order valence-corrected chi connectivity index (χ2v) is 10.7. The smallest absolute Gasteiger partial charge is 0.408 e. The van der Waals surface area contributed by atoms with Gasteiger partial charge in [0.25, 0.3) is 11.8 Å². The minimum Gasteiger partial charge on any atom is -0.476 e. The van der Waals surface area contributed by atoms with Gasteiger partial charge in [0.05, 0.1) is 10.6 Å². The number of anilines is 1. The van der Waals surface area contributed by atoms with Crippen LogP contribution in [0.3, 0.4) is 0 Å². The van der Waals surface area contributed by atoms with E-state index in [1.165, 1.54) is 24.4 Å². The van der Waals surface area contributed by atoms with E-state index in [2.05, 4.69) is 15.2 Å². The molecule has 2 unspecified atom stereocenters. The van der Waals surface area contributed by atoms with Gasteiger partial charge in [0.15, 0.2) is 5.60 Å². The molecule has 0 spiro atoms. The van der Waals surface area contributed by atoms with Crippen LogP contribution < -0.4 is 20.3 Å². The number of rotatable bonds is 7. The molecule has 12 heteroatoms. The Morgan fingerprint density at radius 1 is 1.13 bits per heavy atom. The molecule has 3 heterocycles. The van der Waals surface area contributed by atoms with Gasteiger partial charge < -0.3 is 20.3 Å². The maximum absolute atomic E-state index is 13.3. The molecular formula is C26H29ClF4N4O3. The number of nitrogens with one attached hydrogen (secondary N) is 2. The van der Waals surface area contributed by atoms with Gasteiger partial charge in [-0.15, -0.1) is 0 Å². The van der Waals surface area contributed by atoms with E-state index in [1.54, 1.807) is 19.9 Å². The van der Waals surface area contributed by atoms with Crippen LogP contribution in [0.5, 0.6) is 5.75 Å². The highest BCUT2D eigenvalue weighted by Crippen LogP contribution is 2.39. The number of fused-ring (bicyclic) bond motifs is 2. The highest BCUT2D eigenvalue weighted by atomic mass is 35.5. The van der Waals surface area contributed by atoms with E-state index in [9.17, 15) is 27.2 Å². The fraction of sp³-hybridized carbons (Fsp3) is 0.500. The molecule has 2 aliphatic heterocycles. The zero-order valence-electron chi connectivity index (χ0n) is 21.1. The van der Waals surface area contributed by atoms with Crippen molar-refractivity contribution in [1.29, 1.82) is 0 Å². The molecular weight excluding hydrogens is 528 g/mol. The largest absolute Gasteiger partial charge is 0.476 e. The second-order valence-electron chi connectivity index (χ2n) is 10.3. The number of ether oxygens (including phenoxy) is 1. The maximum atomic E-state index is 13.3. The summed E-state index contributed by atoms with van der Waals surface area (Å²) in [5.74, 6) is -0.825. The number of halogens is 5. The van der Waals surface area contributed by atoms with Crippen LogP contribution in [0.1, 0.15) is 56.8 Å². The summed E-state index contributed by atoms with van der Waals surface area (Å²) in [6.07, 6.45) is -0.117. The van der Waals surface area contributed by atoms with Crippen LogP contribution in [0.2, 0.25) is 5.02 Å². The molecule has 0 saturated carbocycles. The summed E-state index contributed by atoms with van der Waals surface area (Å²) in [4.78, 5) is 31.7. The Labute approximate surface area is 222 Å². The van der Waals surface area contributed by atoms with Gasteiger partial charge in [0.1, 0.15) is 23.4 Å². The molecule has 1 aromatic heterocycles. The van der Waals surface area contributed by atoms with Crippen molar-refractivity contribution in [2.45, 2.75) is 82.4 Å². The lowest BCUT2D eigenvalue weighted by Crippen LogP contribution is -2.55. The fourth-order valence-corrected chi connectivity index (χ4v) is 5.15. The molecule has 2 N–H and O–H groups in total. The normalized spacial score (nSPS) is 22.1. The lowest BCUT2D eigenvalue weighted by atomic mass is 9.96. The molecule has 3 atom stereocenters. The molecule has 4 rings (SSSR count). The predicted molar refractivity (Wildman–Crippen MR) is 134 cm³/mol. The van der Waals surface area contributed by atoms with Crippen LogP contribution in [-0.2, 0) is 4.79 Å². The number of hydrogen-bond donors (Lipinski definition) is 2. The first-order valence-electron chi connectivity index (χ1n) is 12.3. The number of alkyl halides is 3. The summed E-state index contributed by atoms with van der Waals surface area (Å²) in [6.45, 7) is 4.11. The Morgan fingerprint density at radius 3 is 2.34 bits per heavy atom. The first-order valence-corrected chi connectivity index (χ1v) is 12.7. The van der Waals surface area contributed by atoms with Crippen LogP contribution in [0.15, 0.2) is 36.5 Å². The number of aromatic nitrogens is 1. The van der Waals surface area contributed by atoms with Gasteiger partial charge in [-0.2, -0.15) is 13.2 Å². The summed E-state index contributed by atoms with van der Waals surface area (Å²) >= 11 is 6.04. The van der Waals surface area contributed by atoms with Gasteiger partial charge in [-0.3, -0.25) is 9.59 Å². The molecule has 2 aromatic rings. The van der Waals surface area contributed by atoms with Crippen LogP contribution >= 0.6 is 11.6 Å². The van der Waals surface area contributed by atoms with Crippen LogP contribution in [-0.4, -0.2) is 52.7 Å². The average Bonchev–Trinajstić information content (AvgIpc) is 3.10. The number of benzene rings is 1. The molecule has 0 aliphatic carbocycles. The molecule has 2 amide bonds. The van der Waals surface area contributed by atoms with Gasteiger partial charge in [-0.05, 0) is 76.8 Å². The quantitative estimate of drug-likeness (QED) is 0.468. The minimum absolute atomic E-state index is 0.0443. The summed E-state index contributed by atoms with van der Waals surface area (Å²) in [7, 11) is 0. The highest BCUT2D eigenvalue weighted by molar-refractivity contribution is 6.32. The molecule has 2 fully saturated rings. The number of hydrogen-bond acceptors (Lipinski definition) is 5. The maximum Gasteiger partial charge on any atom is 0.408 e. The van der Waals surface area contributed by atoms with Crippen molar-refractivity contribution in [1.82, 2.24) is 15.6 Å². The van der Waals surface area contributed by atoms with Crippen molar-refractivity contribution in [2.24, 2.45) is 0 Å². The van der Waals surface area contributed by atoms with Crippen molar-refractivity contribution >= 4 is 29.2 Å². The van der Waals surface area contributed by atoms with Crippen molar-refractivity contribution in [3.05, 3.63) is 52.9 Å². The lowest BCUT2D eigenvalue weighted by molar-refractivity contribution is -0.149. The summed E-state index contributed by atoms with van der Waals surface area (Å²) in [5.41, 5.74) is -1.21. The molecule has 2 saturated heterocycles. The SMILES string of the molecule is C[C@@H](NC(=O)c1ccc(N2C3CCC2CC(NC(=O)C(C)(C)Oc2ccc(F)cc2Cl)C3)nc1)C(F)(F)F. The van der Waals surface area contributed by atoms with E-state index >= 15 is 0 Å². The summed E-state index contributed by atoms with van der Waals surface area (Å²) < 4.78 is 57.4. The van der Waals surface area contributed by atoms with Gasteiger partial charge in [-0.1, -0.05) is 11.6 Å². The highest BCUT2D eigenvalue weighted by Gasteiger charge is 2.43. The van der Waals surface area contributed by atoms with Crippen molar-refractivity contribution < 1.29 is 31.9 Å². The monoisotopic (exact) mass is 556 g/mol. The van der Waals surface area contributed by atoms with Crippen LogP contribution in [0, 0.1) is 5.82 Å². The Bertz CT molecular complexity index is 1180. The average molecular weight is 557 g/mol. The van der Waals surface area contributed by atoms with Crippen LogP contribution in [0.25, 0.3) is 0 Å². The third kappa shape index (κ3) is 6.14. The van der Waals surface area contributed by atoms with Gasteiger partial charge in [0.2, 0.25) is 0 Å². The Kier molecular flexibility index (Phi) is 7.79. The molecule has 38 heavy (non-hydrogen) atoms. The number of piperidine rings is 1. The molecule has 1 aromatic carbocycles. The molecule has 7 nitrogen and oxygen atoms in total. The molecule has 2 aliphatic rings. The topological polar surface area (TPSA) is 83.6 Å². The van der Waals surface area contributed by atoms with Crippen molar-refractivity contribution in [2.75, 3.05) is 4.90 Å². The third-order valence-electron chi connectivity index (χ3n) is 6.99. The predicted octanol–water partition coefficient (Wildman–Crippen LogP) is 5.03. The van der Waals surface area contributed by atoms with Crippen LogP contribution in [0.4, 0.5) is 23.4 Å². The van der Waals surface area contributed by atoms with E-state index in [1.807, 2.05) is 5.32 Å². The van der Waals surface area contributed by atoms with E-state index in [0.29, 0.717) is 18.7 Å². The van der Waals surface area contributed by atoms with Gasteiger partial charge >= 0.3 is 6.18 Å². The Balaban J connectivity index is 1.36. The van der Waals surface area contributed by atoms with E-state index in [-0.39, 0.29) is 40.4 Å². The number of pyridine rings is 1. The first-order chi connectivity index (χ1) is 17.7. The van der Waals surface area contributed by atoms with E-state index < -0.39 is 29.5 Å². The molecule has 0 radical (unpaired) electrons. The number of carbonyl (C=O) groups excluding carboxylic acids is 2. The third-order valence-corrected chi connectivity index (χ3v) is 7.28. The molecule has 206 valence electrons. The fourth-order valence-electron chi connectivity index (χ4n) is 4.94. The zero-order valence-corrected chi connectivity index (χ0v) is 21.9. The van der Waals surface area contributed by atoms with Crippen molar-refractivity contribution in [3.63, 3.8) is 0 Å². The summed E-state index contributed by atoms with van der Waals surface area (Å²) in [5, 5.41) is 5.07. The van der Waals surface area contributed by atoms with Crippen molar-refractivity contribution in [3.8, 4) is 5.75 Å². The van der Waals surface area contributed by atoms with Gasteiger partial charge in [-0.25, -0.2) is 9.37 Å². The lowest BCUT2D eigenvalue weighted by Gasteiger charge is -2.40. The first kappa shape index (κ1) is 27.9. The standard InChI is InChI=1S/C26H29ClF4N4O3/c1-14(26(29,30)31)33-23(36)15-4-9-22(32-13-15)35-18-6-7-19(35)12-17(11-18)34-24(37)25(2,3)38-21-8-5-16(28)10-20(21)27/h4-5,8-10,13-14,17-19H,6-7,11-12H2,1-3H3,(H,33,36)(H,34,37)/t14-,17?,18?,19?/m1/s1. The second kappa shape index (κ2) is 10.6. The minimum atomic E-state index is -4.53. The molecule has 2 bridgehead atoms. The van der Waals surface area contributed by atoms with Gasteiger partial charge in [0, 0.05) is 24.3 Å². The number of nitrogens with zero attached hydrogens (tertiary/aromatic N) is 2. The Morgan fingerprint density at radius 2 is 1.79 bits per heavy atom. The zero-order chi connectivity index (χ0) is 27.8. The number of carbonyl (C=O) groups is 2.